The number of carbonyl (C=O) groups is 2. The van der Waals surface area contributed by atoms with E-state index in [1.807, 2.05) is 24.0 Å². The first-order valence-electron chi connectivity index (χ1n) is 16.2. The van der Waals surface area contributed by atoms with E-state index in [1.54, 1.807) is 11.5 Å². The molecule has 1 aromatic carbocycles. The first kappa shape index (κ1) is 34.8. The zero-order chi connectivity index (χ0) is 35.7. The van der Waals surface area contributed by atoms with Crippen LogP contribution in [-0.4, -0.2) is 72.5 Å². The molecular formula is C34H34ClF3N8O4. The van der Waals surface area contributed by atoms with E-state index < -0.39 is 23.6 Å². The number of allylic oxidation sites excluding steroid dienone is 1. The third-order valence-electron chi connectivity index (χ3n) is 9.04. The van der Waals surface area contributed by atoms with E-state index in [9.17, 15) is 32.7 Å². The molecule has 6 rings (SSSR count). The van der Waals surface area contributed by atoms with Crippen molar-refractivity contribution in [1.29, 1.82) is 0 Å². The number of piperazine rings is 1. The highest BCUT2D eigenvalue weighted by molar-refractivity contribution is 6.33. The molecule has 1 saturated carbocycles. The lowest BCUT2D eigenvalue weighted by Crippen LogP contribution is -2.50. The Morgan fingerprint density at radius 1 is 1.12 bits per heavy atom. The summed E-state index contributed by atoms with van der Waals surface area (Å²) in [6.45, 7) is 3.99. The van der Waals surface area contributed by atoms with Crippen LogP contribution in [0.15, 0.2) is 41.6 Å². The predicted octanol–water partition coefficient (Wildman–Crippen LogP) is 5.24. The average Bonchev–Trinajstić information content (AvgIpc) is 3.06. The zero-order valence-electron chi connectivity index (χ0n) is 27.3. The molecule has 3 aromatic heterocycles. The van der Waals surface area contributed by atoms with Gasteiger partial charge in [0, 0.05) is 31.9 Å². The number of halogens is 4. The Balaban J connectivity index is 1.34. The van der Waals surface area contributed by atoms with Crippen molar-refractivity contribution in [1.82, 2.24) is 29.4 Å². The SMILES string of the molecule is CCc1c(N2CCN(C(=O)c3ncnc(C)c3O)CC2)c(=O)c2nc(/C=C/C3CCC3)cnc2n1CC(=O)Nc1ccc(C(F)(F)F)cc1Cl. The number of aryl methyl sites for hydroxylation is 1. The zero-order valence-corrected chi connectivity index (χ0v) is 28.1. The van der Waals surface area contributed by atoms with Gasteiger partial charge in [-0.3, -0.25) is 14.4 Å². The highest BCUT2D eigenvalue weighted by atomic mass is 35.5. The highest BCUT2D eigenvalue weighted by Gasteiger charge is 2.32. The molecule has 2 N–H and O–H groups in total. The Bertz CT molecular complexity index is 2060. The maximum Gasteiger partial charge on any atom is 0.416 e. The summed E-state index contributed by atoms with van der Waals surface area (Å²) in [5.41, 5.74) is 0.344. The van der Waals surface area contributed by atoms with E-state index >= 15 is 0 Å². The van der Waals surface area contributed by atoms with Crippen molar-refractivity contribution >= 4 is 52.0 Å². The fraction of sp³-hybridized carbons (Fsp3) is 0.382. The number of anilines is 2. The second-order valence-corrected chi connectivity index (χ2v) is 12.7. The third kappa shape index (κ3) is 6.99. The summed E-state index contributed by atoms with van der Waals surface area (Å²) >= 11 is 6.11. The summed E-state index contributed by atoms with van der Waals surface area (Å²) in [4.78, 5) is 61.4. The average molecular weight is 711 g/mol. The van der Waals surface area contributed by atoms with Gasteiger partial charge in [-0.2, -0.15) is 13.2 Å². The van der Waals surface area contributed by atoms with Crippen LogP contribution in [0, 0.1) is 12.8 Å². The number of pyridine rings is 1. The number of fused-ring (bicyclic) bond motifs is 1. The van der Waals surface area contributed by atoms with Crippen LogP contribution in [0.5, 0.6) is 5.75 Å². The predicted molar refractivity (Wildman–Crippen MR) is 181 cm³/mol. The minimum Gasteiger partial charge on any atom is -0.504 e. The highest BCUT2D eigenvalue weighted by Crippen LogP contribution is 2.34. The quantitative estimate of drug-likeness (QED) is 0.251. The molecule has 0 radical (unpaired) electrons. The molecule has 0 spiro atoms. The number of nitrogens with one attached hydrogen (secondary N) is 1. The maximum absolute atomic E-state index is 14.2. The van der Waals surface area contributed by atoms with E-state index in [-0.39, 0.29) is 77.2 Å². The normalized spacial score (nSPS) is 15.5. The molecule has 1 aliphatic heterocycles. The Morgan fingerprint density at radius 2 is 1.86 bits per heavy atom. The molecule has 12 nitrogen and oxygen atoms in total. The number of hydrogen-bond acceptors (Lipinski definition) is 9. The minimum absolute atomic E-state index is 0.00602. The molecule has 4 heterocycles. The van der Waals surface area contributed by atoms with Gasteiger partial charge in [0.15, 0.2) is 22.6 Å². The van der Waals surface area contributed by atoms with Gasteiger partial charge in [-0.15, -0.1) is 0 Å². The second-order valence-electron chi connectivity index (χ2n) is 12.3. The van der Waals surface area contributed by atoms with Gasteiger partial charge in [0.2, 0.25) is 11.3 Å². The number of rotatable bonds is 8. The largest absolute Gasteiger partial charge is 0.504 e. The number of alkyl halides is 3. The fourth-order valence-corrected chi connectivity index (χ4v) is 6.31. The lowest BCUT2D eigenvalue weighted by Gasteiger charge is -2.37. The monoisotopic (exact) mass is 710 g/mol. The molecule has 2 fully saturated rings. The van der Waals surface area contributed by atoms with Gasteiger partial charge in [-0.1, -0.05) is 31.0 Å². The van der Waals surface area contributed by atoms with E-state index in [1.165, 1.54) is 17.4 Å². The molecule has 4 aromatic rings. The number of nitrogens with zero attached hydrogens (tertiary/aromatic N) is 7. The minimum atomic E-state index is -4.60. The van der Waals surface area contributed by atoms with Crippen molar-refractivity contribution in [3.63, 3.8) is 0 Å². The summed E-state index contributed by atoms with van der Waals surface area (Å²) in [6, 6.07) is 2.65. The summed E-state index contributed by atoms with van der Waals surface area (Å²) < 4.78 is 41.1. The van der Waals surface area contributed by atoms with E-state index in [0.717, 1.165) is 37.5 Å². The summed E-state index contributed by atoms with van der Waals surface area (Å²) in [7, 11) is 0. The Morgan fingerprint density at radius 3 is 2.50 bits per heavy atom. The Hall–Kier alpha value is -5.05. The van der Waals surface area contributed by atoms with Crippen molar-refractivity contribution in [2.45, 2.75) is 52.3 Å². The van der Waals surface area contributed by atoms with E-state index in [4.69, 9.17) is 11.6 Å². The molecule has 0 atom stereocenters. The van der Waals surface area contributed by atoms with Gasteiger partial charge in [0.25, 0.3) is 5.91 Å². The summed E-state index contributed by atoms with van der Waals surface area (Å²) in [6.07, 6.45) is 5.66. The molecule has 2 aliphatic rings. The maximum atomic E-state index is 14.2. The van der Waals surface area contributed by atoms with E-state index in [2.05, 4.69) is 25.3 Å². The molecule has 50 heavy (non-hydrogen) atoms. The van der Waals surface area contributed by atoms with Gasteiger partial charge in [-0.25, -0.2) is 19.9 Å². The van der Waals surface area contributed by atoms with Crippen molar-refractivity contribution in [2.75, 3.05) is 36.4 Å². The molecule has 16 heteroatoms. The molecule has 1 aliphatic carbocycles. The van der Waals surface area contributed by atoms with E-state index in [0.29, 0.717) is 29.4 Å². The number of benzene rings is 1. The Labute approximate surface area is 289 Å². The number of amides is 2. The van der Waals surface area contributed by atoms with Gasteiger partial charge >= 0.3 is 6.18 Å². The van der Waals surface area contributed by atoms with Crippen LogP contribution in [0.2, 0.25) is 5.02 Å². The molecule has 262 valence electrons. The van der Waals surface area contributed by atoms with Crippen molar-refractivity contribution < 1.29 is 27.9 Å². The van der Waals surface area contributed by atoms with Crippen LogP contribution >= 0.6 is 11.6 Å². The number of aromatic hydroxyl groups is 1. The first-order chi connectivity index (χ1) is 23.8. The number of hydrogen-bond donors (Lipinski definition) is 2. The van der Waals surface area contributed by atoms with Crippen molar-refractivity contribution in [2.24, 2.45) is 5.92 Å². The molecule has 0 bridgehead atoms. The smallest absolute Gasteiger partial charge is 0.416 e. The number of aromatic nitrogens is 5. The van der Waals surface area contributed by atoms with Gasteiger partial charge < -0.3 is 24.8 Å². The number of carbonyl (C=O) groups excluding carboxylic acids is 2. The molecule has 0 unspecified atom stereocenters. The van der Waals surface area contributed by atoms with Crippen LogP contribution < -0.4 is 15.6 Å². The lowest BCUT2D eigenvalue weighted by atomic mass is 9.85. The van der Waals surface area contributed by atoms with Crippen LogP contribution in [0.3, 0.4) is 0 Å². The van der Waals surface area contributed by atoms with Gasteiger partial charge in [0.1, 0.15) is 18.6 Å². The van der Waals surface area contributed by atoms with Crippen molar-refractivity contribution in [3.05, 3.63) is 80.4 Å². The fourth-order valence-electron chi connectivity index (χ4n) is 6.08. The molecule has 2 amide bonds. The standard InChI is InChI=1S/C34H34ClF3N8O4/c1-3-25-29(44-11-13-45(14-12-44)33(50)28-30(48)19(2)40-18-41-28)31(49)27-32(39-16-22(42-27)9-7-20-5-4-6-20)46(25)17-26(47)43-24-10-8-21(15-23(24)35)34(36,37)38/h7-10,15-16,18,20,48H,3-6,11-14,17H2,1-2H3,(H,43,47)/b9-7+. The second kappa shape index (κ2) is 14.1. The first-order valence-corrected chi connectivity index (χ1v) is 16.6. The van der Waals surface area contributed by atoms with Crippen LogP contribution in [0.25, 0.3) is 17.2 Å². The van der Waals surface area contributed by atoms with Crippen LogP contribution in [0.4, 0.5) is 24.5 Å². The van der Waals surface area contributed by atoms with Crippen molar-refractivity contribution in [3.8, 4) is 5.75 Å². The topological polar surface area (TPSA) is 146 Å². The van der Waals surface area contributed by atoms with Gasteiger partial charge in [0.05, 0.1) is 33.9 Å². The third-order valence-corrected chi connectivity index (χ3v) is 9.36. The molecular weight excluding hydrogens is 677 g/mol. The summed E-state index contributed by atoms with van der Waals surface area (Å²) in [5.74, 6) is -0.924. The Kier molecular flexibility index (Phi) is 9.78. The molecule has 1 saturated heterocycles. The summed E-state index contributed by atoms with van der Waals surface area (Å²) in [5, 5.41) is 12.7. The lowest BCUT2D eigenvalue weighted by molar-refractivity contribution is -0.137. The van der Waals surface area contributed by atoms with Crippen LogP contribution in [0.1, 0.15) is 59.3 Å². The van der Waals surface area contributed by atoms with Gasteiger partial charge in [-0.05, 0) is 56.4 Å². The van der Waals surface area contributed by atoms with Crippen LogP contribution in [-0.2, 0) is 23.9 Å².